The van der Waals surface area contributed by atoms with E-state index >= 15 is 0 Å². The molecule has 2 heterocycles. The number of rotatable bonds is 6. The van der Waals surface area contributed by atoms with Gasteiger partial charge in [-0.2, -0.15) is 11.8 Å². The number of thioether (sulfide) groups is 1. The minimum atomic E-state index is -0.158. The van der Waals surface area contributed by atoms with Gasteiger partial charge in [0.05, 0.1) is 11.4 Å². The molecule has 0 atom stereocenters. The first-order valence-corrected chi connectivity index (χ1v) is 10.6. The Morgan fingerprint density at radius 3 is 2.54 bits per heavy atom. The third-order valence-corrected chi connectivity index (χ3v) is 6.06. The van der Waals surface area contributed by atoms with Crippen LogP contribution in [0, 0.1) is 0 Å². The Kier molecular flexibility index (Phi) is 6.57. The second-order valence-corrected chi connectivity index (χ2v) is 8.35. The largest absolute Gasteiger partial charge is 0.370 e. The molecule has 0 aliphatic carbocycles. The summed E-state index contributed by atoms with van der Waals surface area (Å²) in [6.07, 6.45) is 0. The lowest BCUT2D eigenvalue weighted by Gasteiger charge is -2.28. The van der Waals surface area contributed by atoms with Crippen molar-refractivity contribution in [2.75, 3.05) is 43.1 Å². The molecule has 2 amide bonds. The molecule has 0 saturated carbocycles. The molecular formula is C19H23N3O2S2. The standard InChI is InChI=1S/C19H23N3O2S2/c1-21(19(24)17-3-2-10-26-17)14-18(23)20-13-15-4-6-16(7-5-15)22-8-11-25-12-9-22/h2-7,10H,8-9,11-14H2,1H3,(H,20,23). The maximum Gasteiger partial charge on any atom is 0.264 e. The Balaban J connectivity index is 1.46. The van der Waals surface area contributed by atoms with Crippen LogP contribution in [-0.4, -0.2) is 54.9 Å². The summed E-state index contributed by atoms with van der Waals surface area (Å²) in [6, 6.07) is 11.9. The number of amides is 2. The highest BCUT2D eigenvalue weighted by molar-refractivity contribution is 7.99. The van der Waals surface area contributed by atoms with Crippen molar-refractivity contribution in [3.05, 3.63) is 52.2 Å². The Labute approximate surface area is 162 Å². The number of thiophene rings is 1. The maximum atomic E-state index is 12.2. The van der Waals surface area contributed by atoms with Crippen LogP contribution in [0.2, 0.25) is 0 Å². The van der Waals surface area contributed by atoms with Crippen molar-refractivity contribution >= 4 is 40.6 Å². The number of nitrogens with one attached hydrogen (secondary N) is 1. The molecule has 0 unspecified atom stereocenters. The van der Waals surface area contributed by atoms with Gasteiger partial charge in [-0.15, -0.1) is 11.3 Å². The Hall–Kier alpha value is -1.99. The first kappa shape index (κ1) is 18.8. The smallest absolute Gasteiger partial charge is 0.264 e. The molecule has 1 saturated heterocycles. The van der Waals surface area contributed by atoms with Gasteiger partial charge in [0, 0.05) is 43.9 Å². The second-order valence-electron chi connectivity index (χ2n) is 6.18. The fourth-order valence-electron chi connectivity index (χ4n) is 2.78. The van der Waals surface area contributed by atoms with Crippen molar-refractivity contribution in [2.45, 2.75) is 6.54 Å². The summed E-state index contributed by atoms with van der Waals surface area (Å²) in [7, 11) is 1.65. The highest BCUT2D eigenvalue weighted by atomic mass is 32.2. The first-order chi connectivity index (χ1) is 12.6. The zero-order chi connectivity index (χ0) is 18.4. The number of hydrogen-bond acceptors (Lipinski definition) is 5. The summed E-state index contributed by atoms with van der Waals surface area (Å²) in [5.74, 6) is 2.07. The van der Waals surface area contributed by atoms with Gasteiger partial charge < -0.3 is 15.1 Å². The molecule has 0 radical (unpaired) electrons. The third-order valence-electron chi connectivity index (χ3n) is 4.26. The Morgan fingerprint density at radius 2 is 1.88 bits per heavy atom. The second kappa shape index (κ2) is 9.09. The molecule has 1 aliphatic rings. The van der Waals surface area contributed by atoms with Crippen LogP contribution in [0.5, 0.6) is 0 Å². The van der Waals surface area contributed by atoms with Gasteiger partial charge in [0.15, 0.2) is 0 Å². The molecule has 7 heteroatoms. The molecule has 1 N–H and O–H groups in total. The van der Waals surface area contributed by atoms with Gasteiger partial charge in [-0.1, -0.05) is 18.2 Å². The van der Waals surface area contributed by atoms with Crippen molar-refractivity contribution in [2.24, 2.45) is 0 Å². The van der Waals surface area contributed by atoms with E-state index in [9.17, 15) is 9.59 Å². The summed E-state index contributed by atoms with van der Waals surface area (Å²) >= 11 is 3.38. The van der Waals surface area contributed by atoms with E-state index in [1.54, 1.807) is 13.1 Å². The lowest BCUT2D eigenvalue weighted by atomic mass is 10.2. The van der Waals surface area contributed by atoms with E-state index in [2.05, 4.69) is 34.5 Å². The van der Waals surface area contributed by atoms with Crippen LogP contribution in [0.1, 0.15) is 15.2 Å². The molecule has 0 spiro atoms. The number of anilines is 1. The summed E-state index contributed by atoms with van der Waals surface area (Å²) in [6.45, 7) is 2.70. The van der Waals surface area contributed by atoms with Crippen molar-refractivity contribution in [1.82, 2.24) is 10.2 Å². The van der Waals surface area contributed by atoms with Gasteiger partial charge in [-0.3, -0.25) is 9.59 Å². The third kappa shape index (κ3) is 5.02. The van der Waals surface area contributed by atoms with Gasteiger partial charge in [0.1, 0.15) is 0 Å². The van der Waals surface area contributed by atoms with Crippen LogP contribution in [-0.2, 0) is 11.3 Å². The molecule has 3 rings (SSSR count). The zero-order valence-corrected chi connectivity index (χ0v) is 16.4. The van der Waals surface area contributed by atoms with Crippen LogP contribution >= 0.6 is 23.1 Å². The quantitative estimate of drug-likeness (QED) is 0.825. The minimum Gasteiger partial charge on any atom is -0.370 e. The summed E-state index contributed by atoms with van der Waals surface area (Å²) in [5.41, 5.74) is 2.29. The molecule has 5 nitrogen and oxygen atoms in total. The van der Waals surface area contributed by atoms with Crippen LogP contribution in [0.15, 0.2) is 41.8 Å². The number of likely N-dealkylation sites (N-methyl/N-ethyl adjacent to an activating group) is 1. The van der Waals surface area contributed by atoms with E-state index in [1.165, 1.54) is 33.4 Å². The predicted molar refractivity (Wildman–Crippen MR) is 109 cm³/mol. The topological polar surface area (TPSA) is 52.7 Å². The van der Waals surface area contributed by atoms with Crippen LogP contribution < -0.4 is 10.2 Å². The maximum absolute atomic E-state index is 12.2. The number of carbonyl (C=O) groups excluding carboxylic acids is 2. The number of carbonyl (C=O) groups is 2. The van der Waals surface area contributed by atoms with Gasteiger partial charge >= 0.3 is 0 Å². The highest BCUT2D eigenvalue weighted by Gasteiger charge is 2.15. The van der Waals surface area contributed by atoms with Gasteiger partial charge in [-0.05, 0) is 29.1 Å². The number of hydrogen-bond donors (Lipinski definition) is 1. The molecule has 1 aliphatic heterocycles. The molecule has 0 bridgehead atoms. The molecule has 1 aromatic carbocycles. The van der Waals surface area contributed by atoms with E-state index in [0.29, 0.717) is 11.4 Å². The van der Waals surface area contributed by atoms with E-state index in [0.717, 1.165) is 18.7 Å². The van der Waals surface area contributed by atoms with Crippen molar-refractivity contribution in [3.8, 4) is 0 Å². The van der Waals surface area contributed by atoms with E-state index < -0.39 is 0 Å². The fraction of sp³-hybridized carbons (Fsp3) is 0.368. The number of nitrogens with zero attached hydrogens (tertiary/aromatic N) is 2. The van der Waals surface area contributed by atoms with Crippen molar-refractivity contribution in [3.63, 3.8) is 0 Å². The van der Waals surface area contributed by atoms with Crippen molar-refractivity contribution < 1.29 is 9.59 Å². The van der Waals surface area contributed by atoms with Gasteiger partial charge in [-0.25, -0.2) is 0 Å². The molecule has 26 heavy (non-hydrogen) atoms. The Morgan fingerprint density at radius 1 is 1.15 bits per heavy atom. The van der Waals surface area contributed by atoms with Crippen LogP contribution in [0.25, 0.3) is 0 Å². The SMILES string of the molecule is CN(CC(=O)NCc1ccc(N2CCSCC2)cc1)C(=O)c1cccs1. The molecule has 2 aromatic rings. The monoisotopic (exact) mass is 389 g/mol. The average Bonchev–Trinajstić information content (AvgIpc) is 3.21. The van der Waals surface area contributed by atoms with Crippen LogP contribution in [0.4, 0.5) is 5.69 Å². The highest BCUT2D eigenvalue weighted by Crippen LogP contribution is 2.19. The normalized spacial score (nSPS) is 14.1. The number of benzene rings is 1. The summed E-state index contributed by atoms with van der Waals surface area (Å²) < 4.78 is 0. The minimum absolute atomic E-state index is 0.0558. The average molecular weight is 390 g/mol. The van der Waals surface area contributed by atoms with E-state index in [4.69, 9.17) is 0 Å². The fourth-order valence-corrected chi connectivity index (χ4v) is 4.40. The lowest BCUT2D eigenvalue weighted by molar-refractivity contribution is -0.121. The van der Waals surface area contributed by atoms with Gasteiger partial charge in [0.25, 0.3) is 5.91 Å². The zero-order valence-electron chi connectivity index (χ0n) is 14.8. The van der Waals surface area contributed by atoms with Crippen molar-refractivity contribution in [1.29, 1.82) is 0 Å². The molecular weight excluding hydrogens is 366 g/mol. The molecule has 138 valence electrons. The molecule has 1 aromatic heterocycles. The molecule has 1 fully saturated rings. The van der Waals surface area contributed by atoms with E-state index in [1.807, 2.05) is 23.2 Å². The van der Waals surface area contributed by atoms with E-state index in [-0.39, 0.29) is 18.4 Å². The first-order valence-electron chi connectivity index (χ1n) is 8.61. The van der Waals surface area contributed by atoms with Gasteiger partial charge in [0.2, 0.25) is 5.91 Å². The van der Waals surface area contributed by atoms with Crippen LogP contribution in [0.3, 0.4) is 0 Å². The summed E-state index contributed by atoms with van der Waals surface area (Å²) in [5, 5.41) is 4.74. The summed E-state index contributed by atoms with van der Waals surface area (Å²) in [4.78, 5) is 28.7. The Bertz CT molecular complexity index is 726. The predicted octanol–water partition coefficient (Wildman–Crippen LogP) is 2.69. The lowest BCUT2D eigenvalue weighted by Crippen LogP contribution is -2.37.